The first-order chi connectivity index (χ1) is 7.86. The molecule has 1 heterocycles. The van der Waals surface area contributed by atoms with Gasteiger partial charge in [0.05, 0.1) is 0 Å². The molecule has 0 aromatic carbocycles. The Morgan fingerprint density at radius 1 is 1.44 bits per heavy atom. The van der Waals surface area contributed by atoms with E-state index in [1.165, 1.54) is 19.2 Å². The topological polar surface area (TPSA) is 59.8 Å². The van der Waals surface area contributed by atoms with Crippen molar-refractivity contribution in [1.29, 1.82) is 0 Å². The summed E-state index contributed by atoms with van der Waals surface area (Å²) in [6.07, 6.45) is 8.66. The van der Waals surface area contributed by atoms with Crippen molar-refractivity contribution in [2.24, 2.45) is 5.92 Å². The van der Waals surface area contributed by atoms with E-state index in [1.54, 1.807) is 11.0 Å². The Bertz CT molecular complexity index is 317. The lowest BCUT2D eigenvalue weighted by atomic mass is 10.1. The summed E-state index contributed by atoms with van der Waals surface area (Å²) in [6.45, 7) is 1.54. The minimum absolute atomic E-state index is 0.232. The summed E-state index contributed by atoms with van der Waals surface area (Å²) in [5.41, 5.74) is 0. The third-order valence-corrected chi connectivity index (χ3v) is 3.06. The van der Waals surface area contributed by atoms with Gasteiger partial charge in [-0.2, -0.15) is 5.10 Å². The quantitative estimate of drug-likeness (QED) is 0.755. The second-order valence-corrected chi connectivity index (χ2v) is 4.28. The second-order valence-electron chi connectivity index (χ2n) is 4.28. The van der Waals surface area contributed by atoms with Crippen LogP contribution in [0.15, 0.2) is 12.7 Å². The van der Waals surface area contributed by atoms with Crippen molar-refractivity contribution in [3.05, 3.63) is 12.7 Å². The normalized spacial score (nSPS) is 16.5. The van der Waals surface area contributed by atoms with E-state index in [0.717, 1.165) is 32.4 Å². The van der Waals surface area contributed by atoms with Crippen LogP contribution in [0.2, 0.25) is 0 Å². The average molecular weight is 222 g/mol. The van der Waals surface area contributed by atoms with Crippen LogP contribution in [0.1, 0.15) is 32.1 Å². The van der Waals surface area contributed by atoms with Crippen LogP contribution in [-0.4, -0.2) is 27.2 Å². The molecule has 2 rings (SSSR count). The highest BCUT2D eigenvalue weighted by Crippen LogP contribution is 2.24. The van der Waals surface area contributed by atoms with Crippen LogP contribution in [0.25, 0.3) is 0 Å². The van der Waals surface area contributed by atoms with Crippen molar-refractivity contribution in [2.75, 3.05) is 6.54 Å². The SMILES string of the molecule is O=C(NCCCn1cncn1)C1CCCC1. The number of carbonyl (C=O) groups is 1. The van der Waals surface area contributed by atoms with Gasteiger partial charge < -0.3 is 5.32 Å². The Labute approximate surface area is 95.2 Å². The van der Waals surface area contributed by atoms with Crippen molar-refractivity contribution < 1.29 is 4.79 Å². The van der Waals surface area contributed by atoms with Gasteiger partial charge in [-0.1, -0.05) is 12.8 Å². The van der Waals surface area contributed by atoms with Gasteiger partial charge in [-0.3, -0.25) is 9.48 Å². The second kappa shape index (κ2) is 5.63. The fourth-order valence-electron chi connectivity index (χ4n) is 2.13. The van der Waals surface area contributed by atoms with E-state index in [1.807, 2.05) is 0 Å². The predicted molar refractivity (Wildman–Crippen MR) is 59.6 cm³/mol. The largest absolute Gasteiger partial charge is 0.356 e. The first-order valence-corrected chi connectivity index (χ1v) is 5.96. The van der Waals surface area contributed by atoms with Gasteiger partial charge in [-0.05, 0) is 19.3 Å². The van der Waals surface area contributed by atoms with Gasteiger partial charge in [0.25, 0.3) is 0 Å². The van der Waals surface area contributed by atoms with E-state index < -0.39 is 0 Å². The van der Waals surface area contributed by atoms with Crippen LogP contribution in [0.3, 0.4) is 0 Å². The van der Waals surface area contributed by atoms with Gasteiger partial charge in [-0.25, -0.2) is 4.98 Å². The van der Waals surface area contributed by atoms with Gasteiger partial charge in [0.15, 0.2) is 0 Å². The molecule has 0 saturated heterocycles. The number of amides is 1. The van der Waals surface area contributed by atoms with E-state index in [9.17, 15) is 4.79 Å². The van der Waals surface area contributed by atoms with Crippen LogP contribution in [0.4, 0.5) is 0 Å². The average Bonchev–Trinajstić information content (AvgIpc) is 2.96. The third-order valence-electron chi connectivity index (χ3n) is 3.06. The van der Waals surface area contributed by atoms with Crippen LogP contribution in [0.5, 0.6) is 0 Å². The number of hydrogen-bond donors (Lipinski definition) is 1. The van der Waals surface area contributed by atoms with Crippen molar-refractivity contribution >= 4 is 5.91 Å². The minimum Gasteiger partial charge on any atom is -0.356 e. The third kappa shape index (κ3) is 3.05. The molecule has 1 aromatic heterocycles. The van der Waals surface area contributed by atoms with E-state index in [-0.39, 0.29) is 11.8 Å². The van der Waals surface area contributed by atoms with Crippen molar-refractivity contribution in [3.8, 4) is 0 Å². The molecule has 0 spiro atoms. The summed E-state index contributed by atoms with van der Waals surface area (Å²) in [5, 5.41) is 6.99. The molecule has 0 atom stereocenters. The highest BCUT2D eigenvalue weighted by Gasteiger charge is 2.21. The number of carbonyl (C=O) groups excluding carboxylic acids is 1. The van der Waals surface area contributed by atoms with Crippen molar-refractivity contribution in [1.82, 2.24) is 20.1 Å². The standard InChI is InChI=1S/C11H18N4O/c16-11(10-4-1-2-5-10)13-6-3-7-15-9-12-8-14-15/h8-10H,1-7H2,(H,13,16). The molecule has 0 bridgehead atoms. The van der Waals surface area contributed by atoms with Crippen molar-refractivity contribution in [3.63, 3.8) is 0 Å². The van der Waals surface area contributed by atoms with Gasteiger partial charge in [0.1, 0.15) is 12.7 Å². The number of aromatic nitrogens is 3. The molecular formula is C11H18N4O. The van der Waals surface area contributed by atoms with Gasteiger partial charge >= 0.3 is 0 Å². The zero-order valence-electron chi connectivity index (χ0n) is 9.43. The smallest absolute Gasteiger partial charge is 0.223 e. The molecule has 5 heteroatoms. The number of nitrogens with zero attached hydrogens (tertiary/aromatic N) is 3. The maximum absolute atomic E-state index is 11.7. The molecule has 0 radical (unpaired) electrons. The van der Waals surface area contributed by atoms with Gasteiger partial charge in [-0.15, -0.1) is 0 Å². The fourth-order valence-corrected chi connectivity index (χ4v) is 2.13. The molecule has 0 aliphatic heterocycles. The fraction of sp³-hybridized carbons (Fsp3) is 0.727. The Morgan fingerprint density at radius 3 is 2.94 bits per heavy atom. The monoisotopic (exact) mass is 222 g/mol. The Morgan fingerprint density at radius 2 is 2.25 bits per heavy atom. The first kappa shape index (κ1) is 11.1. The van der Waals surface area contributed by atoms with Crippen molar-refractivity contribution in [2.45, 2.75) is 38.6 Å². The van der Waals surface area contributed by atoms with Gasteiger partial charge in [0, 0.05) is 19.0 Å². The van der Waals surface area contributed by atoms with Crippen LogP contribution < -0.4 is 5.32 Å². The van der Waals surface area contributed by atoms with E-state index in [2.05, 4.69) is 15.4 Å². The zero-order valence-corrected chi connectivity index (χ0v) is 9.43. The molecular weight excluding hydrogens is 204 g/mol. The molecule has 1 saturated carbocycles. The highest BCUT2D eigenvalue weighted by atomic mass is 16.1. The molecule has 5 nitrogen and oxygen atoms in total. The maximum Gasteiger partial charge on any atom is 0.223 e. The summed E-state index contributed by atoms with van der Waals surface area (Å²) in [7, 11) is 0. The highest BCUT2D eigenvalue weighted by molar-refractivity contribution is 5.78. The van der Waals surface area contributed by atoms with E-state index >= 15 is 0 Å². The lowest BCUT2D eigenvalue weighted by Crippen LogP contribution is -2.30. The molecule has 1 aliphatic carbocycles. The summed E-state index contributed by atoms with van der Waals surface area (Å²) in [4.78, 5) is 15.5. The number of hydrogen-bond acceptors (Lipinski definition) is 3. The lowest BCUT2D eigenvalue weighted by molar-refractivity contribution is -0.124. The molecule has 1 N–H and O–H groups in total. The Balaban J connectivity index is 1.59. The molecule has 1 aliphatic rings. The molecule has 16 heavy (non-hydrogen) atoms. The molecule has 88 valence electrons. The number of nitrogens with one attached hydrogen (secondary N) is 1. The molecule has 0 unspecified atom stereocenters. The number of rotatable bonds is 5. The van der Waals surface area contributed by atoms with Crippen LogP contribution in [-0.2, 0) is 11.3 Å². The minimum atomic E-state index is 0.232. The van der Waals surface area contributed by atoms with Crippen LogP contribution in [0, 0.1) is 5.92 Å². The summed E-state index contributed by atoms with van der Waals surface area (Å²) in [5.74, 6) is 0.502. The van der Waals surface area contributed by atoms with E-state index in [4.69, 9.17) is 0 Å². The zero-order chi connectivity index (χ0) is 11.2. The molecule has 1 fully saturated rings. The predicted octanol–water partition coefficient (Wildman–Crippen LogP) is 0.975. The number of aryl methyl sites for hydroxylation is 1. The summed E-state index contributed by atoms with van der Waals surface area (Å²) in [6, 6.07) is 0. The van der Waals surface area contributed by atoms with Crippen LogP contribution >= 0.6 is 0 Å². The molecule has 1 aromatic rings. The summed E-state index contributed by atoms with van der Waals surface area (Å²) >= 11 is 0. The Hall–Kier alpha value is -1.39. The summed E-state index contributed by atoms with van der Waals surface area (Å²) < 4.78 is 1.78. The van der Waals surface area contributed by atoms with E-state index in [0.29, 0.717) is 0 Å². The Kier molecular flexibility index (Phi) is 3.91. The molecule has 1 amide bonds. The maximum atomic E-state index is 11.7. The first-order valence-electron chi connectivity index (χ1n) is 5.96. The lowest BCUT2D eigenvalue weighted by Gasteiger charge is -2.09. The van der Waals surface area contributed by atoms with Gasteiger partial charge in [0.2, 0.25) is 5.91 Å².